The lowest BCUT2D eigenvalue weighted by Crippen LogP contribution is -2.10. The van der Waals surface area contributed by atoms with E-state index in [4.69, 9.17) is 0 Å². The molecule has 0 aliphatic carbocycles. The quantitative estimate of drug-likeness (QED) is 0.574. The van der Waals surface area contributed by atoms with E-state index in [0.29, 0.717) is 5.56 Å². The molecule has 0 N–H and O–H groups in total. The number of hydrogen-bond donors (Lipinski definition) is 0. The molecule has 2 nitrogen and oxygen atoms in total. The first kappa shape index (κ1) is 7.28. The summed E-state index contributed by atoms with van der Waals surface area (Å²) in [6, 6.07) is 5.77. The Hall–Kier alpha value is -1.38. The van der Waals surface area contributed by atoms with Gasteiger partial charge in [-0.1, -0.05) is 6.07 Å². The Morgan fingerprint density at radius 1 is 1.42 bits per heavy atom. The Morgan fingerprint density at radius 3 is 2.75 bits per heavy atom. The zero-order chi connectivity index (χ0) is 8.55. The molecule has 0 bridgehead atoms. The lowest BCUT2D eigenvalue weighted by molar-refractivity contribution is 0.0885. The van der Waals surface area contributed by atoms with Crippen molar-refractivity contribution in [3.8, 4) is 0 Å². The van der Waals surface area contributed by atoms with Gasteiger partial charge in [0.05, 0.1) is 0 Å². The van der Waals surface area contributed by atoms with Crippen molar-refractivity contribution < 1.29 is 9.18 Å². The van der Waals surface area contributed by atoms with Gasteiger partial charge in [-0.15, -0.1) is 0 Å². The Balaban J connectivity index is 2.26. The molecule has 0 radical (unpaired) electrons. The van der Waals surface area contributed by atoms with Crippen LogP contribution in [0.2, 0.25) is 0 Å². The van der Waals surface area contributed by atoms with Gasteiger partial charge in [0.2, 0.25) is 0 Å². The molecule has 0 spiro atoms. The van der Waals surface area contributed by atoms with Crippen LogP contribution in [0.1, 0.15) is 10.4 Å². The molecular weight excluding hydrogens is 157 g/mol. The summed E-state index contributed by atoms with van der Waals surface area (Å²) >= 11 is 0. The Bertz CT molecular complexity index is 320. The van der Waals surface area contributed by atoms with Crippen LogP contribution in [0.4, 0.5) is 4.39 Å². The highest BCUT2D eigenvalue weighted by atomic mass is 19.1. The van der Waals surface area contributed by atoms with E-state index in [2.05, 4.69) is 0 Å². The van der Waals surface area contributed by atoms with Gasteiger partial charge < -0.3 is 4.90 Å². The number of carbonyl (C=O) groups is 1. The van der Waals surface area contributed by atoms with Crippen LogP contribution in [0.3, 0.4) is 0 Å². The molecule has 1 aliphatic heterocycles. The third kappa shape index (κ3) is 1.30. The average Bonchev–Trinajstić information content (AvgIpc) is 2.85. The van der Waals surface area contributed by atoms with Crippen LogP contribution >= 0.6 is 0 Å². The Labute approximate surface area is 69.6 Å². The maximum Gasteiger partial charge on any atom is 0.254 e. The van der Waals surface area contributed by atoms with E-state index >= 15 is 0 Å². The molecule has 12 heavy (non-hydrogen) atoms. The van der Waals surface area contributed by atoms with E-state index in [1.165, 1.54) is 12.1 Å². The maximum atomic E-state index is 12.6. The van der Waals surface area contributed by atoms with Gasteiger partial charge in [0.1, 0.15) is 5.82 Å². The number of amides is 1. The molecule has 1 saturated heterocycles. The lowest BCUT2D eigenvalue weighted by atomic mass is 10.2. The second-order valence-electron chi connectivity index (χ2n) is 2.80. The first-order valence-corrected chi connectivity index (χ1v) is 3.82. The van der Waals surface area contributed by atoms with Crippen molar-refractivity contribution in [3.63, 3.8) is 0 Å². The summed E-state index contributed by atoms with van der Waals surface area (Å²) in [5.74, 6) is -0.433. The van der Waals surface area contributed by atoms with Gasteiger partial charge in [-0.3, -0.25) is 4.79 Å². The minimum absolute atomic E-state index is 0.0745. The molecule has 3 heteroatoms. The second kappa shape index (κ2) is 2.59. The zero-order valence-electron chi connectivity index (χ0n) is 6.46. The van der Waals surface area contributed by atoms with Crippen molar-refractivity contribution in [2.24, 2.45) is 0 Å². The molecule has 1 aromatic rings. The SMILES string of the molecule is O=C(c1cccc(F)c1)N1CC1. The fourth-order valence-electron chi connectivity index (χ4n) is 1.06. The van der Waals surface area contributed by atoms with Crippen molar-refractivity contribution >= 4 is 5.91 Å². The first-order valence-electron chi connectivity index (χ1n) is 3.82. The summed E-state index contributed by atoms with van der Waals surface area (Å²) < 4.78 is 12.6. The van der Waals surface area contributed by atoms with Gasteiger partial charge in [0, 0.05) is 18.7 Å². The summed E-state index contributed by atoms with van der Waals surface area (Å²) in [6.07, 6.45) is 0. The number of benzene rings is 1. The van der Waals surface area contributed by atoms with Crippen molar-refractivity contribution in [1.82, 2.24) is 4.90 Å². The highest BCUT2D eigenvalue weighted by Crippen LogP contribution is 2.12. The van der Waals surface area contributed by atoms with E-state index in [0.717, 1.165) is 13.1 Å². The summed E-state index contributed by atoms with van der Waals surface area (Å²) in [6.45, 7) is 1.60. The third-order valence-corrected chi connectivity index (χ3v) is 1.81. The van der Waals surface area contributed by atoms with Crippen LogP contribution in [-0.4, -0.2) is 23.9 Å². The maximum absolute atomic E-state index is 12.6. The van der Waals surface area contributed by atoms with E-state index < -0.39 is 0 Å². The summed E-state index contributed by atoms with van der Waals surface area (Å²) in [7, 11) is 0. The molecule has 0 saturated carbocycles. The monoisotopic (exact) mass is 165 g/mol. The molecule has 0 unspecified atom stereocenters. The second-order valence-corrected chi connectivity index (χ2v) is 2.80. The van der Waals surface area contributed by atoms with Crippen molar-refractivity contribution in [2.75, 3.05) is 13.1 Å². The smallest absolute Gasteiger partial charge is 0.254 e. The van der Waals surface area contributed by atoms with E-state index in [9.17, 15) is 9.18 Å². The minimum atomic E-state index is -0.359. The normalized spacial score (nSPS) is 14.6. The average molecular weight is 165 g/mol. The molecule has 1 amide bonds. The van der Waals surface area contributed by atoms with Crippen molar-refractivity contribution in [2.45, 2.75) is 0 Å². The fraction of sp³-hybridized carbons (Fsp3) is 0.222. The van der Waals surface area contributed by atoms with Crippen molar-refractivity contribution in [1.29, 1.82) is 0 Å². The number of halogens is 1. The van der Waals surface area contributed by atoms with Gasteiger partial charge in [-0.2, -0.15) is 0 Å². The predicted octanol–water partition coefficient (Wildman–Crippen LogP) is 1.28. The minimum Gasteiger partial charge on any atom is -0.335 e. The van der Waals surface area contributed by atoms with Crippen LogP contribution in [0, 0.1) is 5.82 Å². The topological polar surface area (TPSA) is 20.1 Å². The van der Waals surface area contributed by atoms with Crippen LogP contribution in [0.15, 0.2) is 24.3 Å². The number of rotatable bonds is 1. The summed E-state index contributed by atoms with van der Waals surface area (Å²) in [5, 5.41) is 0. The Kier molecular flexibility index (Phi) is 1.57. The molecule has 0 aromatic heterocycles. The van der Waals surface area contributed by atoms with Crippen LogP contribution < -0.4 is 0 Å². The highest BCUT2D eigenvalue weighted by molar-refractivity contribution is 5.95. The van der Waals surface area contributed by atoms with Gasteiger partial charge in [0.15, 0.2) is 0 Å². The lowest BCUT2D eigenvalue weighted by Gasteiger charge is -2.00. The van der Waals surface area contributed by atoms with E-state index in [1.54, 1.807) is 17.0 Å². The highest BCUT2D eigenvalue weighted by Gasteiger charge is 2.24. The van der Waals surface area contributed by atoms with Crippen LogP contribution in [0.5, 0.6) is 0 Å². The largest absolute Gasteiger partial charge is 0.335 e. The fourth-order valence-corrected chi connectivity index (χ4v) is 1.06. The van der Waals surface area contributed by atoms with Crippen molar-refractivity contribution in [3.05, 3.63) is 35.6 Å². The van der Waals surface area contributed by atoms with Crippen LogP contribution in [-0.2, 0) is 0 Å². The standard InChI is InChI=1S/C9H8FNO/c10-8-3-1-2-7(6-8)9(12)11-4-5-11/h1-3,6H,4-5H2. The molecule has 0 atom stereocenters. The molecule has 1 aliphatic rings. The first-order chi connectivity index (χ1) is 5.77. The number of nitrogens with zero attached hydrogens (tertiary/aromatic N) is 1. The third-order valence-electron chi connectivity index (χ3n) is 1.81. The molecule has 1 fully saturated rings. The molecule has 2 rings (SSSR count). The molecule has 1 heterocycles. The predicted molar refractivity (Wildman–Crippen MR) is 42.3 cm³/mol. The zero-order valence-corrected chi connectivity index (χ0v) is 6.46. The molecular formula is C9H8FNO. The number of carbonyl (C=O) groups excluding carboxylic acids is 1. The Morgan fingerprint density at radius 2 is 2.17 bits per heavy atom. The van der Waals surface area contributed by atoms with Gasteiger partial charge in [-0.25, -0.2) is 4.39 Å². The molecule has 62 valence electrons. The van der Waals surface area contributed by atoms with Crippen LogP contribution in [0.25, 0.3) is 0 Å². The van der Waals surface area contributed by atoms with E-state index in [1.807, 2.05) is 0 Å². The van der Waals surface area contributed by atoms with Gasteiger partial charge in [0.25, 0.3) is 5.91 Å². The summed E-state index contributed by atoms with van der Waals surface area (Å²) in [4.78, 5) is 13.0. The molecule has 1 aromatic carbocycles. The number of hydrogen-bond acceptors (Lipinski definition) is 1. The summed E-state index contributed by atoms with van der Waals surface area (Å²) in [5.41, 5.74) is 0.438. The van der Waals surface area contributed by atoms with E-state index in [-0.39, 0.29) is 11.7 Å². The van der Waals surface area contributed by atoms with Gasteiger partial charge in [-0.05, 0) is 18.2 Å². The van der Waals surface area contributed by atoms with Gasteiger partial charge >= 0.3 is 0 Å².